The third-order valence-electron chi connectivity index (χ3n) is 7.62. The number of aromatic nitrogens is 2. The Labute approximate surface area is 200 Å². The van der Waals surface area contributed by atoms with E-state index < -0.39 is 23.4 Å². The van der Waals surface area contributed by atoms with E-state index in [2.05, 4.69) is 9.97 Å². The number of benzene rings is 1. The van der Waals surface area contributed by atoms with Gasteiger partial charge in [-0.15, -0.1) is 0 Å². The fourth-order valence-corrected chi connectivity index (χ4v) is 5.70. The molecule has 3 aromatic rings. The quantitative estimate of drug-likeness (QED) is 0.431. The van der Waals surface area contributed by atoms with E-state index >= 15 is 0 Å². The zero-order valence-electron chi connectivity index (χ0n) is 19.0. The summed E-state index contributed by atoms with van der Waals surface area (Å²) in [6.07, 6.45) is 8.83. The van der Waals surface area contributed by atoms with Gasteiger partial charge in [-0.2, -0.15) is 5.26 Å². The first-order chi connectivity index (χ1) is 16.8. The topological polar surface area (TPSA) is 116 Å². The molecule has 0 saturated heterocycles. The molecule has 35 heavy (non-hydrogen) atoms. The Balaban J connectivity index is 0.000000192. The lowest BCUT2D eigenvalue weighted by atomic mass is 9.65. The molecule has 182 valence electrons. The number of carbonyl (C=O) groups is 1. The Morgan fingerprint density at radius 1 is 1.14 bits per heavy atom. The van der Waals surface area contributed by atoms with Crippen molar-refractivity contribution < 1.29 is 23.1 Å². The lowest BCUT2D eigenvalue weighted by Crippen LogP contribution is -2.35. The van der Waals surface area contributed by atoms with Crippen LogP contribution in [0.3, 0.4) is 0 Å². The van der Waals surface area contributed by atoms with Crippen LogP contribution in [-0.4, -0.2) is 21.0 Å². The van der Waals surface area contributed by atoms with Gasteiger partial charge in [0.1, 0.15) is 17.7 Å². The van der Waals surface area contributed by atoms with Gasteiger partial charge in [-0.1, -0.05) is 12.8 Å². The van der Waals surface area contributed by atoms with Crippen molar-refractivity contribution in [2.45, 2.75) is 50.9 Å². The van der Waals surface area contributed by atoms with E-state index in [1.165, 1.54) is 31.9 Å². The third kappa shape index (κ3) is 4.22. The van der Waals surface area contributed by atoms with Gasteiger partial charge in [-0.05, 0) is 55.9 Å². The largest absolute Gasteiger partial charge is 0.481 e. The van der Waals surface area contributed by atoms with Gasteiger partial charge in [0.25, 0.3) is 0 Å². The standard InChI is InChI=1S/C17H11F3N4.C9H14O2/c18-8-3-9-11(6-23-16(9)12(19)4-8)15-10(5-21)13(7-1-2-7)14(20)17(22)24-15;10-9(11)8-5-6-1-3-7(8)4-2-6/h3-4,6-7,23H,1-2H2,(H2,22,24);6-8H,1-5H2,(H,10,11). The number of carboxylic acids is 1. The number of anilines is 1. The molecule has 4 aliphatic rings. The Morgan fingerprint density at radius 3 is 2.40 bits per heavy atom. The number of fused-ring (bicyclic) bond motifs is 4. The number of hydrogen-bond acceptors (Lipinski definition) is 4. The number of hydrogen-bond donors (Lipinski definition) is 3. The summed E-state index contributed by atoms with van der Waals surface area (Å²) in [5.41, 5.74) is 6.51. The monoisotopic (exact) mass is 482 g/mol. The van der Waals surface area contributed by atoms with E-state index in [9.17, 15) is 23.2 Å². The molecule has 7 rings (SSSR count). The van der Waals surface area contributed by atoms with Crippen LogP contribution in [0, 0.1) is 46.5 Å². The Morgan fingerprint density at radius 2 is 1.86 bits per heavy atom. The summed E-state index contributed by atoms with van der Waals surface area (Å²) in [4.78, 5) is 17.4. The van der Waals surface area contributed by atoms with Crippen molar-refractivity contribution in [3.05, 3.63) is 46.9 Å². The van der Waals surface area contributed by atoms with Crippen molar-refractivity contribution in [2.75, 3.05) is 5.73 Å². The molecule has 1 aromatic carbocycles. The average Bonchev–Trinajstić information content (AvgIpc) is 3.60. The number of carboxylic acid groups (broad SMARTS) is 1. The van der Waals surface area contributed by atoms with E-state index in [4.69, 9.17) is 10.8 Å². The average molecular weight is 483 g/mol. The van der Waals surface area contributed by atoms with E-state index in [0.29, 0.717) is 11.5 Å². The first kappa shape index (κ1) is 23.2. The SMILES string of the molecule is N#Cc1c(-c2c[nH]c3c(F)cc(F)cc23)nc(N)c(F)c1C1CC1.O=C(O)C1CC2CCC1CC2. The van der Waals surface area contributed by atoms with Gasteiger partial charge >= 0.3 is 5.97 Å². The van der Waals surface area contributed by atoms with Crippen molar-refractivity contribution in [1.82, 2.24) is 9.97 Å². The highest BCUT2D eigenvalue weighted by Gasteiger charge is 2.39. The third-order valence-corrected chi connectivity index (χ3v) is 7.62. The maximum atomic E-state index is 14.3. The fraction of sp³-hybridized carbons (Fsp3) is 0.423. The number of aromatic amines is 1. The Bertz CT molecular complexity index is 1350. The predicted octanol–water partition coefficient (Wildman–Crippen LogP) is 5.88. The van der Waals surface area contributed by atoms with Crippen LogP contribution in [0.5, 0.6) is 0 Å². The molecule has 4 N–H and O–H groups in total. The second-order valence-electron chi connectivity index (χ2n) is 9.81. The van der Waals surface area contributed by atoms with Gasteiger partial charge < -0.3 is 15.8 Å². The number of aliphatic carboxylic acids is 1. The highest BCUT2D eigenvalue weighted by molar-refractivity contribution is 5.96. The number of rotatable bonds is 3. The van der Waals surface area contributed by atoms with Crippen LogP contribution in [0.4, 0.5) is 19.0 Å². The van der Waals surface area contributed by atoms with Gasteiger partial charge in [0.15, 0.2) is 11.6 Å². The number of pyridine rings is 1. The first-order valence-corrected chi connectivity index (χ1v) is 11.9. The number of nitrogens with two attached hydrogens (primary N) is 1. The number of nitrogens with one attached hydrogen (secondary N) is 1. The molecule has 0 spiro atoms. The van der Waals surface area contributed by atoms with Crippen LogP contribution in [0.15, 0.2) is 18.3 Å². The molecule has 6 nitrogen and oxygen atoms in total. The zero-order valence-corrected chi connectivity index (χ0v) is 19.0. The smallest absolute Gasteiger partial charge is 0.306 e. The molecule has 2 heterocycles. The van der Waals surface area contributed by atoms with Crippen LogP contribution in [0.25, 0.3) is 22.2 Å². The molecule has 2 bridgehead atoms. The Hall–Kier alpha value is -3.54. The molecule has 4 fully saturated rings. The van der Waals surface area contributed by atoms with Gasteiger partial charge in [0.05, 0.1) is 22.7 Å². The van der Waals surface area contributed by atoms with Gasteiger partial charge in [0.2, 0.25) is 0 Å². The highest BCUT2D eigenvalue weighted by atomic mass is 19.1. The number of halogens is 3. The van der Waals surface area contributed by atoms with Crippen LogP contribution in [0.2, 0.25) is 0 Å². The summed E-state index contributed by atoms with van der Waals surface area (Å²) in [5, 5.41) is 18.6. The van der Waals surface area contributed by atoms with Gasteiger partial charge in [-0.25, -0.2) is 18.2 Å². The predicted molar refractivity (Wildman–Crippen MR) is 124 cm³/mol. The molecule has 2 aromatic heterocycles. The summed E-state index contributed by atoms with van der Waals surface area (Å²) in [6, 6.07) is 3.88. The molecular formula is C26H25F3N4O2. The van der Waals surface area contributed by atoms with Crippen molar-refractivity contribution in [3.8, 4) is 17.3 Å². The second-order valence-corrected chi connectivity index (χ2v) is 9.81. The summed E-state index contributed by atoms with van der Waals surface area (Å²) in [7, 11) is 0. The van der Waals surface area contributed by atoms with Gasteiger partial charge in [0, 0.05) is 28.8 Å². The fourth-order valence-electron chi connectivity index (χ4n) is 5.70. The van der Waals surface area contributed by atoms with Gasteiger partial charge in [-0.3, -0.25) is 4.79 Å². The summed E-state index contributed by atoms with van der Waals surface area (Å²) in [5.74, 6) is -1.89. The maximum Gasteiger partial charge on any atom is 0.306 e. The van der Waals surface area contributed by atoms with Crippen molar-refractivity contribution in [1.29, 1.82) is 5.26 Å². The van der Waals surface area contributed by atoms with E-state index in [1.807, 2.05) is 6.07 Å². The number of nitrogen functional groups attached to an aromatic ring is 1. The normalized spacial score (nSPS) is 23.0. The van der Waals surface area contributed by atoms with Crippen LogP contribution < -0.4 is 5.73 Å². The van der Waals surface area contributed by atoms with Crippen molar-refractivity contribution in [3.63, 3.8) is 0 Å². The summed E-state index contributed by atoms with van der Waals surface area (Å²) in [6.45, 7) is 0. The summed E-state index contributed by atoms with van der Waals surface area (Å²) < 4.78 is 41.8. The molecule has 0 aliphatic heterocycles. The number of H-pyrrole nitrogens is 1. The minimum Gasteiger partial charge on any atom is -0.481 e. The van der Waals surface area contributed by atoms with Crippen LogP contribution in [0.1, 0.15) is 62.0 Å². The van der Waals surface area contributed by atoms with Crippen molar-refractivity contribution in [2.24, 2.45) is 17.8 Å². The number of nitriles is 1. The molecule has 1 unspecified atom stereocenters. The molecule has 9 heteroatoms. The lowest BCUT2D eigenvalue weighted by molar-refractivity contribution is -0.147. The maximum absolute atomic E-state index is 14.3. The van der Waals surface area contributed by atoms with E-state index in [0.717, 1.165) is 37.3 Å². The summed E-state index contributed by atoms with van der Waals surface area (Å²) >= 11 is 0. The van der Waals surface area contributed by atoms with E-state index in [1.54, 1.807) is 0 Å². The first-order valence-electron chi connectivity index (χ1n) is 11.9. The molecule has 0 amide bonds. The van der Waals surface area contributed by atoms with Crippen molar-refractivity contribution >= 4 is 22.7 Å². The molecule has 4 saturated carbocycles. The highest BCUT2D eigenvalue weighted by Crippen LogP contribution is 2.46. The molecular weight excluding hydrogens is 457 g/mol. The molecule has 1 atom stereocenters. The Kier molecular flexibility index (Phi) is 5.91. The minimum absolute atomic E-state index is 0.00231. The van der Waals surface area contributed by atoms with Crippen LogP contribution in [-0.2, 0) is 4.79 Å². The zero-order chi connectivity index (χ0) is 24.9. The number of nitrogens with zero attached hydrogens (tertiary/aromatic N) is 2. The second kappa shape index (κ2) is 8.91. The minimum atomic E-state index is -0.757. The lowest BCUT2D eigenvalue weighted by Gasteiger charge is -2.40. The molecule has 0 radical (unpaired) electrons. The molecule has 4 aliphatic carbocycles. The van der Waals surface area contributed by atoms with Crippen LogP contribution >= 0.6 is 0 Å². The van der Waals surface area contributed by atoms with E-state index in [-0.39, 0.29) is 45.4 Å².